The maximum Gasteiger partial charge on any atom is 0.264 e. The van der Waals surface area contributed by atoms with Gasteiger partial charge in [-0.25, -0.2) is 13.1 Å². The Kier molecular flexibility index (Phi) is 6.39. The number of nitrogens with zero attached hydrogens (tertiary/aromatic N) is 2. The highest BCUT2D eigenvalue weighted by Crippen LogP contribution is 2.28. The van der Waals surface area contributed by atoms with Gasteiger partial charge in [0.25, 0.3) is 10.0 Å². The number of benzene rings is 4. The lowest BCUT2D eigenvalue weighted by atomic mass is 9.90. The van der Waals surface area contributed by atoms with Gasteiger partial charge in [-0.2, -0.15) is 8.75 Å². The van der Waals surface area contributed by atoms with Crippen molar-refractivity contribution in [3.63, 3.8) is 0 Å². The largest absolute Gasteiger partial charge is 0.273 e. The molecule has 5 aromatic rings. The number of fused-ring (bicyclic) bond motifs is 1. The van der Waals surface area contributed by atoms with E-state index in [1.165, 1.54) is 12.1 Å². The standard InChI is InChI=1S/C27H21N3O3S2/c31-27(30-35(32,33)23-12-5-2-6-13-23)24(22-14-15-25-26(18-22)29-34-28-25)17-19-8-7-11-21(16-19)20-9-3-1-4-10-20/h1-16,18,24H,17H2,(H,30,31). The molecule has 174 valence electrons. The third-order valence-electron chi connectivity index (χ3n) is 5.76. The van der Waals surface area contributed by atoms with Gasteiger partial charge in [0.1, 0.15) is 11.0 Å². The van der Waals surface area contributed by atoms with Crippen LogP contribution in [0.4, 0.5) is 0 Å². The minimum Gasteiger partial charge on any atom is -0.273 e. The monoisotopic (exact) mass is 499 g/mol. The summed E-state index contributed by atoms with van der Waals surface area (Å²) in [4.78, 5) is 13.5. The van der Waals surface area contributed by atoms with E-state index in [4.69, 9.17) is 0 Å². The van der Waals surface area contributed by atoms with Crippen LogP contribution in [-0.2, 0) is 21.2 Å². The highest BCUT2D eigenvalue weighted by molar-refractivity contribution is 7.90. The van der Waals surface area contributed by atoms with Crippen LogP contribution in [0.3, 0.4) is 0 Å². The molecular weight excluding hydrogens is 478 g/mol. The highest BCUT2D eigenvalue weighted by Gasteiger charge is 2.27. The molecule has 1 N–H and O–H groups in total. The van der Waals surface area contributed by atoms with E-state index < -0.39 is 21.8 Å². The zero-order valence-electron chi connectivity index (χ0n) is 18.5. The molecule has 5 rings (SSSR count). The van der Waals surface area contributed by atoms with Crippen molar-refractivity contribution < 1.29 is 13.2 Å². The molecule has 0 aliphatic heterocycles. The van der Waals surface area contributed by atoms with E-state index in [1.807, 2.05) is 60.7 Å². The summed E-state index contributed by atoms with van der Waals surface area (Å²) in [6, 6.07) is 31.2. The van der Waals surface area contributed by atoms with E-state index in [2.05, 4.69) is 13.5 Å². The van der Waals surface area contributed by atoms with E-state index >= 15 is 0 Å². The molecule has 1 aromatic heterocycles. The molecule has 0 bridgehead atoms. The third kappa shape index (κ3) is 5.13. The fourth-order valence-electron chi connectivity index (χ4n) is 3.98. The van der Waals surface area contributed by atoms with Crippen LogP contribution in [0.1, 0.15) is 17.0 Å². The Labute approximate surface area is 207 Å². The second-order valence-electron chi connectivity index (χ2n) is 8.12. The van der Waals surface area contributed by atoms with Crippen molar-refractivity contribution in [3.8, 4) is 11.1 Å². The van der Waals surface area contributed by atoms with Crippen LogP contribution in [0, 0.1) is 0 Å². The molecule has 1 amide bonds. The maximum atomic E-state index is 13.4. The second-order valence-corrected chi connectivity index (χ2v) is 10.3. The average Bonchev–Trinajstić information content (AvgIpc) is 3.36. The van der Waals surface area contributed by atoms with E-state index in [9.17, 15) is 13.2 Å². The Balaban J connectivity index is 1.50. The van der Waals surface area contributed by atoms with Crippen molar-refractivity contribution in [2.75, 3.05) is 0 Å². The molecule has 8 heteroatoms. The predicted octanol–water partition coefficient (Wildman–Crippen LogP) is 5.19. The first kappa shape index (κ1) is 22.9. The van der Waals surface area contributed by atoms with Crippen LogP contribution < -0.4 is 4.72 Å². The minimum absolute atomic E-state index is 0.0392. The lowest BCUT2D eigenvalue weighted by molar-refractivity contribution is -0.120. The Morgan fingerprint density at radius 3 is 2.23 bits per heavy atom. The summed E-state index contributed by atoms with van der Waals surface area (Å²) >= 11 is 1.10. The van der Waals surface area contributed by atoms with Crippen LogP contribution in [0.5, 0.6) is 0 Å². The summed E-state index contributed by atoms with van der Waals surface area (Å²) < 4.78 is 36.6. The number of amides is 1. The summed E-state index contributed by atoms with van der Waals surface area (Å²) in [6.07, 6.45) is 0.319. The normalized spacial score (nSPS) is 12.3. The molecule has 1 unspecified atom stereocenters. The number of carbonyl (C=O) groups excluding carboxylic acids is 1. The molecule has 0 spiro atoms. The molecule has 0 aliphatic rings. The van der Waals surface area contributed by atoms with Crippen molar-refractivity contribution >= 4 is 38.7 Å². The van der Waals surface area contributed by atoms with Gasteiger partial charge in [0.2, 0.25) is 5.91 Å². The van der Waals surface area contributed by atoms with Crippen molar-refractivity contribution in [3.05, 3.63) is 114 Å². The van der Waals surface area contributed by atoms with Crippen molar-refractivity contribution in [2.45, 2.75) is 17.2 Å². The molecular formula is C27H21N3O3S2. The van der Waals surface area contributed by atoms with Gasteiger partial charge in [-0.05, 0) is 52.9 Å². The Morgan fingerprint density at radius 1 is 0.771 bits per heavy atom. The van der Waals surface area contributed by atoms with Gasteiger partial charge in [-0.1, -0.05) is 78.9 Å². The van der Waals surface area contributed by atoms with Crippen molar-refractivity contribution in [1.29, 1.82) is 0 Å². The van der Waals surface area contributed by atoms with E-state index in [-0.39, 0.29) is 4.90 Å². The van der Waals surface area contributed by atoms with Gasteiger partial charge >= 0.3 is 0 Å². The summed E-state index contributed by atoms with van der Waals surface area (Å²) in [5.74, 6) is -1.34. The molecule has 0 aliphatic carbocycles. The van der Waals surface area contributed by atoms with Gasteiger partial charge in [0.05, 0.1) is 22.5 Å². The molecule has 6 nitrogen and oxygen atoms in total. The lowest BCUT2D eigenvalue weighted by Gasteiger charge is -2.18. The molecule has 0 fully saturated rings. The van der Waals surface area contributed by atoms with Crippen LogP contribution in [0.2, 0.25) is 0 Å². The minimum atomic E-state index is -4.01. The fourth-order valence-corrected chi connectivity index (χ4v) is 5.54. The average molecular weight is 500 g/mol. The highest BCUT2D eigenvalue weighted by atomic mass is 32.2. The number of nitrogens with one attached hydrogen (secondary N) is 1. The molecule has 4 aromatic carbocycles. The SMILES string of the molecule is O=C(NS(=O)(=O)c1ccccc1)C(Cc1cccc(-c2ccccc2)c1)c1ccc2nsnc2c1. The number of rotatable bonds is 7. The van der Waals surface area contributed by atoms with Gasteiger partial charge in [-0.15, -0.1) is 0 Å². The zero-order chi connectivity index (χ0) is 24.3. The van der Waals surface area contributed by atoms with Gasteiger partial charge < -0.3 is 0 Å². The quantitative estimate of drug-likeness (QED) is 0.333. The maximum absolute atomic E-state index is 13.4. The summed E-state index contributed by atoms with van der Waals surface area (Å²) in [6.45, 7) is 0. The van der Waals surface area contributed by atoms with E-state index in [0.29, 0.717) is 17.5 Å². The first-order valence-electron chi connectivity index (χ1n) is 11.0. The first-order valence-corrected chi connectivity index (χ1v) is 13.2. The molecule has 35 heavy (non-hydrogen) atoms. The van der Waals surface area contributed by atoms with Crippen LogP contribution in [-0.4, -0.2) is 23.1 Å². The van der Waals surface area contributed by atoms with E-state index in [1.54, 1.807) is 30.3 Å². The van der Waals surface area contributed by atoms with Gasteiger partial charge in [0.15, 0.2) is 0 Å². The number of hydrogen-bond donors (Lipinski definition) is 1. The summed E-state index contributed by atoms with van der Waals surface area (Å²) in [7, 11) is -4.01. The second kappa shape index (κ2) is 9.77. The van der Waals surface area contributed by atoms with Crippen LogP contribution >= 0.6 is 11.7 Å². The Bertz CT molecular complexity index is 1580. The Hall–Kier alpha value is -3.88. The fraction of sp³-hybridized carbons (Fsp3) is 0.0741. The zero-order valence-corrected chi connectivity index (χ0v) is 20.2. The molecule has 1 atom stereocenters. The van der Waals surface area contributed by atoms with Gasteiger partial charge in [-0.3, -0.25) is 4.79 Å². The van der Waals surface area contributed by atoms with Crippen LogP contribution in [0.15, 0.2) is 108 Å². The summed E-state index contributed by atoms with van der Waals surface area (Å²) in [5.41, 5.74) is 5.10. The molecule has 0 radical (unpaired) electrons. The van der Waals surface area contributed by atoms with Crippen molar-refractivity contribution in [2.24, 2.45) is 0 Å². The smallest absolute Gasteiger partial charge is 0.264 e. The predicted molar refractivity (Wildman–Crippen MR) is 138 cm³/mol. The van der Waals surface area contributed by atoms with Crippen molar-refractivity contribution in [1.82, 2.24) is 13.5 Å². The number of hydrogen-bond acceptors (Lipinski definition) is 6. The van der Waals surface area contributed by atoms with Gasteiger partial charge in [0, 0.05) is 0 Å². The number of sulfonamides is 1. The number of carbonyl (C=O) groups is 1. The number of aromatic nitrogens is 2. The molecule has 1 heterocycles. The molecule has 0 saturated heterocycles. The Morgan fingerprint density at radius 2 is 1.46 bits per heavy atom. The van der Waals surface area contributed by atoms with Crippen LogP contribution in [0.25, 0.3) is 22.2 Å². The first-order chi connectivity index (χ1) is 17.0. The third-order valence-corrected chi connectivity index (χ3v) is 7.68. The lowest BCUT2D eigenvalue weighted by Crippen LogP contribution is -2.35. The molecule has 0 saturated carbocycles. The van der Waals surface area contributed by atoms with E-state index in [0.717, 1.165) is 33.9 Å². The summed E-state index contributed by atoms with van der Waals surface area (Å²) in [5, 5.41) is 0. The topological polar surface area (TPSA) is 89.0 Å².